The van der Waals surface area contributed by atoms with Crippen LogP contribution in [0.5, 0.6) is 11.5 Å². The van der Waals surface area contributed by atoms with Gasteiger partial charge in [-0.25, -0.2) is 0 Å². The lowest BCUT2D eigenvalue weighted by Gasteiger charge is -2.16. The van der Waals surface area contributed by atoms with Crippen molar-refractivity contribution in [1.82, 2.24) is 10.6 Å². The van der Waals surface area contributed by atoms with E-state index >= 15 is 0 Å². The first kappa shape index (κ1) is 15.1. The van der Waals surface area contributed by atoms with Crippen molar-refractivity contribution >= 4 is 0 Å². The standard InChI is InChI=1S/C16H26N2O2/c1-19-15-6-5-13(12-16(15)20-2)7-11-18-14-4-3-9-17-10-8-14/h5-6,12,14,17-18H,3-4,7-11H2,1-2H3. The van der Waals surface area contributed by atoms with E-state index in [1.165, 1.54) is 24.8 Å². The van der Waals surface area contributed by atoms with Crippen LogP contribution in [0.4, 0.5) is 0 Å². The highest BCUT2D eigenvalue weighted by molar-refractivity contribution is 5.42. The second-order valence-corrected chi connectivity index (χ2v) is 5.27. The number of hydrogen-bond acceptors (Lipinski definition) is 4. The lowest BCUT2D eigenvalue weighted by atomic mass is 10.1. The van der Waals surface area contributed by atoms with E-state index < -0.39 is 0 Å². The minimum absolute atomic E-state index is 0.658. The Morgan fingerprint density at radius 2 is 2.00 bits per heavy atom. The van der Waals surface area contributed by atoms with Crippen molar-refractivity contribution in [2.24, 2.45) is 0 Å². The van der Waals surface area contributed by atoms with Crippen molar-refractivity contribution in [3.63, 3.8) is 0 Å². The fourth-order valence-electron chi connectivity index (χ4n) is 2.68. The zero-order chi connectivity index (χ0) is 14.2. The molecule has 1 atom stereocenters. The van der Waals surface area contributed by atoms with E-state index in [4.69, 9.17) is 9.47 Å². The van der Waals surface area contributed by atoms with Gasteiger partial charge in [0.15, 0.2) is 11.5 Å². The number of rotatable bonds is 6. The largest absolute Gasteiger partial charge is 0.493 e. The molecule has 0 saturated carbocycles. The average Bonchev–Trinajstić information content (AvgIpc) is 2.76. The van der Waals surface area contributed by atoms with E-state index in [-0.39, 0.29) is 0 Å². The molecular weight excluding hydrogens is 252 g/mol. The van der Waals surface area contributed by atoms with Gasteiger partial charge < -0.3 is 20.1 Å². The van der Waals surface area contributed by atoms with Crippen molar-refractivity contribution in [2.45, 2.75) is 31.7 Å². The number of ether oxygens (including phenoxy) is 2. The topological polar surface area (TPSA) is 42.5 Å². The summed E-state index contributed by atoms with van der Waals surface area (Å²) in [7, 11) is 3.34. The first-order valence-electron chi connectivity index (χ1n) is 7.48. The summed E-state index contributed by atoms with van der Waals surface area (Å²) in [6.45, 7) is 3.31. The molecule has 4 heteroatoms. The smallest absolute Gasteiger partial charge is 0.160 e. The van der Waals surface area contributed by atoms with Gasteiger partial charge >= 0.3 is 0 Å². The van der Waals surface area contributed by atoms with Gasteiger partial charge in [0, 0.05) is 6.04 Å². The second kappa shape index (κ2) is 8.12. The SMILES string of the molecule is COc1ccc(CCNC2CCCNCC2)cc1OC. The van der Waals surface area contributed by atoms with Gasteiger partial charge in [0.2, 0.25) is 0 Å². The van der Waals surface area contributed by atoms with Crippen molar-refractivity contribution < 1.29 is 9.47 Å². The minimum atomic E-state index is 0.658. The summed E-state index contributed by atoms with van der Waals surface area (Å²) in [5, 5.41) is 7.11. The molecule has 20 heavy (non-hydrogen) atoms. The molecule has 1 aliphatic rings. The number of nitrogens with one attached hydrogen (secondary N) is 2. The van der Waals surface area contributed by atoms with Crippen LogP contribution >= 0.6 is 0 Å². The van der Waals surface area contributed by atoms with Gasteiger partial charge in [0.1, 0.15) is 0 Å². The van der Waals surface area contributed by atoms with E-state index in [0.717, 1.165) is 37.6 Å². The first-order valence-corrected chi connectivity index (χ1v) is 7.48. The molecule has 0 spiro atoms. The molecule has 1 unspecified atom stereocenters. The summed E-state index contributed by atoms with van der Waals surface area (Å²) >= 11 is 0. The highest BCUT2D eigenvalue weighted by Crippen LogP contribution is 2.27. The van der Waals surface area contributed by atoms with Gasteiger partial charge in [-0.2, -0.15) is 0 Å². The molecule has 1 aromatic rings. The summed E-state index contributed by atoms with van der Waals surface area (Å²) in [4.78, 5) is 0. The molecular formula is C16H26N2O2. The van der Waals surface area contributed by atoms with Gasteiger partial charge in [-0.1, -0.05) is 6.07 Å². The molecule has 0 aromatic heterocycles. The fourth-order valence-corrected chi connectivity index (χ4v) is 2.68. The molecule has 0 aliphatic carbocycles. The van der Waals surface area contributed by atoms with Crippen LogP contribution in [0.15, 0.2) is 18.2 Å². The maximum atomic E-state index is 5.34. The Morgan fingerprint density at radius 3 is 2.80 bits per heavy atom. The minimum Gasteiger partial charge on any atom is -0.493 e. The van der Waals surface area contributed by atoms with Crippen LogP contribution in [-0.4, -0.2) is 39.9 Å². The van der Waals surface area contributed by atoms with Crippen LogP contribution in [0.2, 0.25) is 0 Å². The van der Waals surface area contributed by atoms with Gasteiger partial charge in [-0.15, -0.1) is 0 Å². The number of benzene rings is 1. The summed E-state index contributed by atoms with van der Waals surface area (Å²) in [6, 6.07) is 6.81. The Morgan fingerprint density at radius 1 is 1.15 bits per heavy atom. The predicted molar refractivity (Wildman–Crippen MR) is 81.8 cm³/mol. The van der Waals surface area contributed by atoms with Crippen molar-refractivity contribution in [3.8, 4) is 11.5 Å². The maximum absolute atomic E-state index is 5.34. The van der Waals surface area contributed by atoms with Crippen LogP contribution in [0.3, 0.4) is 0 Å². The number of hydrogen-bond donors (Lipinski definition) is 2. The van der Waals surface area contributed by atoms with Gasteiger partial charge in [-0.05, 0) is 63.0 Å². The first-order chi connectivity index (χ1) is 9.83. The number of methoxy groups -OCH3 is 2. The van der Waals surface area contributed by atoms with Crippen LogP contribution in [0.25, 0.3) is 0 Å². The molecule has 1 aromatic carbocycles. The highest BCUT2D eigenvalue weighted by atomic mass is 16.5. The molecule has 1 aliphatic heterocycles. The van der Waals surface area contributed by atoms with Crippen molar-refractivity contribution in [2.75, 3.05) is 33.9 Å². The summed E-state index contributed by atoms with van der Waals surface area (Å²) < 4.78 is 10.6. The fraction of sp³-hybridized carbons (Fsp3) is 0.625. The Bertz CT molecular complexity index is 401. The summed E-state index contributed by atoms with van der Waals surface area (Å²) in [6.07, 6.45) is 4.79. The van der Waals surface area contributed by atoms with Crippen LogP contribution in [-0.2, 0) is 6.42 Å². The third-order valence-electron chi connectivity index (χ3n) is 3.87. The van der Waals surface area contributed by atoms with E-state index in [0.29, 0.717) is 6.04 Å². The Labute approximate surface area is 121 Å². The van der Waals surface area contributed by atoms with E-state index in [2.05, 4.69) is 22.8 Å². The molecule has 112 valence electrons. The molecule has 2 N–H and O–H groups in total. The average molecular weight is 278 g/mol. The predicted octanol–water partition coefficient (Wildman–Crippen LogP) is 1.98. The molecule has 0 radical (unpaired) electrons. The summed E-state index contributed by atoms with van der Waals surface area (Å²) in [5.41, 5.74) is 1.28. The molecule has 1 saturated heterocycles. The highest BCUT2D eigenvalue weighted by Gasteiger charge is 2.11. The zero-order valence-corrected chi connectivity index (χ0v) is 12.6. The van der Waals surface area contributed by atoms with Crippen molar-refractivity contribution in [1.29, 1.82) is 0 Å². The van der Waals surface area contributed by atoms with Crippen molar-refractivity contribution in [3.05, 3.63) is 23.8 Å². The third kappa shape index (κ3) is 4.39. The zero-order valence-electron chi connectivity index (χ0n) is 12.6. The molecule has 2 rings (SSSR count). The Balaban J connectivity index is 1.81. The van der Waals surface area contributed by atoms with Crippen LogP contribution in [0, 0.1) is 0 Å². The second-order valence-electron chi connectivity index (χ2n) is 5.27. The monoisotopic (exact) mass is 278 g/mol. The van der Waals surface area contributed by atoms with E-state index in [9.17, 15) is 0 Å². The Kier molecular flexibility index (Phi) is 6.15. The quantitative estimate of drug-likeness (QED) is 0.835. The van der Waals surface area contributed by atoms with Crippen LogP contribution < -0.4 is 20.1 Å². The maximum Gasteiger partial charge on any atom is 0.160 e. The Hall–Kier alpha value is -1.26. The lowest BCUT2D eigenvalue weighted by Crippen LogP contribution is -2.31. The van der Waals surface area contributed by atoms with E-state index in [1.54, 1.807) is 14.2 Å². The lowest BCUT2D eigenvalue weighted by molar-refractivity contribution is 0.354. The summed E-state index contributed by atoms with van der Waals surface area (Å²) in [5.74, 6) is 1.60. The molecule has 1 heterocycles. The van der Waals surface area contributed by atoms with Gasteiger partial charge in [0.05, 0.1) is 14.2 Å². The molecule has 0 bridgehead atoms. The molecule has 0 amide bonds. The van der Waals surface area contributed by atoms with Gasteiger partial charge in [-0.3, -0.25) is 0 Å². The van der Waals surface area contributed by atoms with Gasteiger partial charge in [0.25, 0.3) is 0 Å². The van der Waals surface area contributed by atoms with Crippen LogP contribution in [0.1, 0.15) is 24.8 Å². The third-order valence-corrected chi connectivity index (χ3v) is 3.87. The molecule has 4 nitrogen and oxygen atoms in total. The van der Waals surface area contributed by atoms with E-state index in [1.807, 2.05) is 6.07 Å². The molecule has 1 fully saturated rings. The normalized spacial score (nSPS) is 19.4.